The molecule has 16 heteroatoms. The van der Waals surface area contributed by atoms with Gasteiger partial charge in [-0.3, -0.25) is 24.7 Å². The molecule has 1 aromatic carbocycles. The summed E-state index contributed by atoms with van der Waals surface area (Å²) in [6.07, 6.45) is -2.03. The summed E-state index contributed by atoms with van der Waals surface area (Å²) in [5.41, 5.74) is -1.44. The number of rotatable bonds is 7. The fourth-order valence-electron chi connectivity index (χ4n) is 5.78. The quantitative estimate of drug-likeness (QED) is 0.215. The van der Waals surface area contributed by atoms with Crippen molar-refractivity contribution in [3.63, 3.8) is 0 Å². The number of alkyl halides is 3. The predicted molar refractivity (Wildman–Crippen MR) is 169 cm³/mol. The summed E-state index contributed by atoms with van der Waals surface area (Å²) in [7, 11) is 0. The van der Waals surface area contributed by atoms with Gasteiger partial charge in [-0.1, -0.05) is 6.07 Å². The van der Waals surface area contributed by atoms with Gasteiger partial charge in [0.1, 0.15) is 23.0 Å². The van der Waals surface area contributed by atoms with Crippen LogP contribution in [0, 0.1) is 5.82 Å². The molecule has 2 saturated heterocycles. The third kappa shape index (κ3) is 7.15. The van der Waals surface area contributed by atoms with Gasteiger partial charge in [-0.25, -0.2) is 24.1 Å². The maximum absolute atomic E-state index is 14.7. The van der Waals surface area contributed by atoms with E-state index in [9.17, 15) is 37.1 Å². The molecule has 0 unspecified atom stereocenters. The third-order valence-electron chi connectivity index (χ3n) is 8.31. The Balaban J connectivity index is 1.16. The zero-order valence-electron chi connectivity index (χ0n) is 25.9. The van der Waals surface area contributed by atoms with Crippen LogP contribution in [-0.2, 0) is 23.1 Å². The van der Waals surface area contributed by atoms with Gasteiger partial charge in [0.2, 0.25) is 5.91 Å². The Morgan fingerprint density at radius 2 is 1.85 bits per heavy atom. The SMILES string of the molecule is CC(C)(O)c1cc2nc(C3CCN(Cc4cc(N5CCC(=O)NC5=O)ncc4F)CC3)sc2cc1NC(=O)c1cccc(C(F)(F)F)n1. The number of thiazole rings is 1. The van der Waals surface area contributed by atoms with E-state index in [4.69, 9.17) is 4.98 Å². The Morgan fingerprint density at radius 1 is 1.10 bits per heavy atom. The van der Waals surface area contributed by atoms with E-state index in [-0.39, 0.29) is 36.3 Å². The van der Waals surface area contributed by atoms with Crippen LogP contribution < -0.4 is 15.5 Å². The molecule has 2 aliphatic rings. The number of nitrogens with zero attached hydrogens (tertiary/aromatic N) is 5. The van der Waals surface area contributed by atoms with Crippen LogP contribution in [0.4, 0.5) is 33.9 Å². The highest BCUT2D eigenvalue weighted by atomic mass is 32.1. The van der Waals surface area contributed by atoms with E-state index in [2.05, 4.69) is 25.5 Å². The number of hydrogen-bond donors (Lipinski definition) is 3. The number of fused-ring (bicyclic) bond motifs is 1. The number of hydrogen-bond acceptors (Lipinski definition) is 9. The Bertz CT molecular complexity index is 1900. The van der Waals surface area contributed by atoms with Gasteiger partial charge in [0.25, 0.3) is 5.91 Å². The summed E-state index contributed by atoms with van der Waals surface area (Å²) in [6, 6.07) is 7.34. The molecule has 0 aliphatic carbocycles. The number of imide groups is 1. The van der Waals surface area contributed by atoms with E-state index in [0.717, 1.165) is 40.9 Å². The molecule has 11 nitrogen and oxygen atoms in total. The summed E-state index contributed by atoms with van der Waals surface area (Å²) in [6.45, 7) is 4.83. The molecular formula is C32H31F4N7O4S. The second-order valence-electron chi connectivity index (χ2n) is 12.3. The number of carbonyl (C=O) groups is 3. The first kappa shape index (κ1) is 33.4. The molecule has 4 aromatic rings. The summed E-state index contributed by atoms with van der Waals surface area (Å²) in [5, 5.41) is 16.6. The van der Waals surface area contributed by atoms with E-state index >= 15 is 0 Å². The summed E-state index contributed by atoms with van der Waals surface area (Å²) in [4.78, 5) is 52.5. The van der Waals surface area contributed by atoms with Gasteiger partial charge >= 0.3 is 12.2 Å². The molecule has 3 aromatic heterocycles. The fourth-order valence-corrected chi connectivity index (χ4v) is 6.94. The molecule has 5 heterocycles. The number of aromatic nitrogens is 3. The van der Waals surface area contributed by atoms with Crippen LogP contribution in [0.2, 0.25) is 0 Å². The smallest absolute Gasteiger partial charge is 0.386 e. The highest BCUT2D eigenvalue weighted by molar-refractivity contribution is 7.18. The van der Waals surface area contributed by atoms with Crippen LogP contribution in [0.3, 0.4) is 0 Å². The van der Waals surface area contributed by atoms with E-state index < -0.39 is 40.9 Å². The Hall–Kier alpha value is -4.54. The van der Waals surface area contributed by atoms with Gasteiger partial charge in [0.05, 0.1) is 27.0 Å². The number of anilines is 2. The molecule has 4 amide bonds. The van der Waals surface area contributed by atoms with Crippen LogP contribution in [0.5, 0.6) is 0 Å². The second-order valence-corrected chi connectivity index (χ2v) is 13.3. The molecule has 48 heavy (non-hydrogen) atoms. The maximum Gasteiger partial charge on any atom is 0.433 e. The molecule has 0 atom stereocenters. The van der Waals surface area contributed by atoms with Crippen molar-refractivity contribution in [2.24, 2.45) is 0 Å². The molecular weight excluding hydrogens is 654 g/mol. The number of benzene rings is 1. The van der Waals surface area contributed by atoms with Gasteiger partial charge in [0, 0.05) is 42.2 Å². The van der Waals surface area contributed by atoms with Crippen molar-refractivity contribution in [2.75, 3.05) is 29.9 Å². The number of likely N-dealkylation sites (tertiary alicyclic amines) is 1. The van der Waals surface area contributed by atoms with Gasteiger partial charge in [-0.2, -0.15) is 13.2 Å². The minimum atomic E-state index is -4.71. The van der Waals surface area contributed by atoms with Crippen molar-refractivity contribution < 1.29 is 37.1 Å². The molecule has 0 bridgehead atoms. The van der Waals surface area contributed by atoms with E-state index in [0.29, 0.717) is 36.3 Å². The number of nitrogens with one attached hydrogen (secondary N) is 2. The van der Waals surface area contributed by atoms with Crippen molar-refractivity contribution in [3.05, 3.63) is 75.9 Å². The first-order valence-corrected chi connectivity index (χ1v) is 16.0. The van der Waals surface area contributed by atoms with Crippen molar-refractivity contribution in [1.29, 1.82) is 0 Å². The van der Waals surface area contributed by atoms with Gasteiger partial charge in [-0.05, 0) is 70.1 Å². The Morgan fingerprint density at radius 3 is 2.54 bits per heavy atom. The standard InChI is InChI=1S/C32H31F4N7O4S/c1-31(2,47)19-13-23-24(14-22(19)39-28(45)21-4-3-5-25(38-21)32(34,35)36)48-29(40-23)17-6-9-42(10-7-17)16-18-12-26(37-15-20(18)33)43-11-8-27(44)41-30(43)46/h3-5,12-15,17,47H,6-11,16H2,1-2H3,(H,39,45)(H,41,44,46). The number of aliphatic hydroxyl groups is 1. The normalized spacial score (nSPS) is 16.8. The molecule has 3 N–H and O–H groups in total. The zero-order valence-corrected chi connectivity index (χ0v) is 26.7. The van der Waals surface area contributed by atoms with Crippen molar-refractivity contribution in [1.82, 2.24) is 25.2 Å². The first-order valence-electron chi connectivity index (χ1n) is 15.2. The number of urea groups is 1. The minimum absolute atomic E-state index is 0.101. The molecule has 0 radical (unpaired) electrons. The summed E-state index contributed by atoms with van der Waals surface area (Å²) < 4.78 is 55.0. The van der Waals surface area contributed by atoms with E-state index in [1.165, 1.54) is 42.2 Å². The number of halogens is 4. The summed E-state index contributed by atoms with van der Waals surface area (Å²) in [5.74, 6) is -1.34. The lowest BCUT2D eigenvalue weighted by molar-refractivity contribution is -0.141. The molecule has 2 aliphatic heterocycles. The van der Waals surface area contributed by atoms with Crippen LogP contribution in [0.25, 0.3) is 10.2 Å². The molecule has 0 saturated carbocycles. The molecule has 0 spiro atoms. The van der Waals surface area contributed by atoms with Gasteiger partial charge < -0.3 is 10.4 Å². The van der Waals surface area contributed by atoms with Crippen molar-refractivity contribution >= 4 is 50.9 Å². The number of pyridine rings is 2. The van der Waals surface area contributed by atoms with Crippen LogP contribution in [0.1, 0.15) is 71.3 Å². The summed E-state index contributed by atoms with van der Waals surface area (Å²) >= 11 is 1.43. The monoisotopic (exact) mass is 685 g/mol. The van der Waals surface area contributed by atoms with E-state index in [1.807, 2.05) is 0 Å². The minimum Gasteiger partial charge on any atom is -0.386 e. The number of amides is 4. The molecule has 252 valence electrons. The maximum atomic E-state index is 14.7. The Kier molecular flexibility index (Phi) is 8.91. The number of carbonyl (C=O) groups excluding carboxylic acids is 3. The lowest BCUT2D eigenvalue weighted by Crippen LogP contribution is -2.50. The van der Waals surface area contributed by atoms with Crippen LogP contribution in [-0.4, -0.2) is 62.4 Å². The third-order valence-corrected chi connectivity index (χ3v) is 9.49. The van der Waals surface area contributed by atoms with Crippen molar-refractivity contribution in [3.8, 4) is 0 Å². The highest BCUT2D eigenvalue weighted by Crippen LogP contribution is 2.39. The van der Waals surface area contributed by atoms with Crippen molar-refractivity contribution in [2.45, 2.75) is 57.3 Å². The average Bonchev–Trinajstić information content (AvgIpc) is 3.44. The average molecular weight is 686 g/mol. The fraction of sp³-hybridized carbons (Fsp3) is 0.375. The topological polar surface area (TPSA) is 141 Å². The van der Waals surface area contributed by atoms with Crippen LogP contribution in [0.15, 0.2) is 42.6 Å². The highest BCUT2D eigenvalue weighted by Gasteiger charge is 2.33. The second kappa shape index (κ2) is 12.8. The largest absolute Gasteiger partial charge is 0.433 e. The number of piperidine rings is 1. The predicted octanol–water partition coefficient (Wildman–Crippen LogP) is 5.55. The lowest BCUT2D eigenvalue weighted by Gasteiger charge is -2.31. The van der Waals surface area contributed by atoms with E-state index in [1.54, 1.807) is 12.1 Å². The lowest BCUT2D eigenvalue weighted by atomic mass is 9.95. The zero-order chi connectivity index (χ0) is 34.4. The molecule has 2 fully saturated rings. The van der Waals surface area contributed by atoms with Crippen LogP contribution >= 0.6 is 11.3 Å². The Labute approximate surface area is 276 Å². The molecule has 6 rings (SSSR count). The van der Waals surface area contributed by atoms with Gasteiger partial charge in [0.15, 0.2) is 0 Å². The van der Waals surface area contributed by atoms with Gasteiger partial charge in [-0.15, -0.1) is 11.3 Å². The first-order chi connectivity index (χ1) is 22.7.